The van der Waals surface area contributed by atoms with Crippen LogP contribution in [-0.2, 0) is 17.8 Å². The highest BCUT2D eigenvalue weighted by molar-refractivity contribution is 5.76. The van der Waals surface area contributed by atoms with Crippen LogP contribution < -0.4 is 26.4 Å². The third kappa shape index (κ3) is 8.68. The number of nitrogens with one attached hydrogen (secondary N) is 3. The van der Waals surface area contributed by atoms with Gasteiger partial charge in [0.15, 0.2) is 0 Å². The van der Waals surface area contributed by atoms with E-state index in [-0.39, 0.29) is 6.04 Å². The molecule has 0 heterocycles. The standard InChI is InChI=1S/C32H36N4O3/c33-29(26-9-5-2-6-10-26)20-35-28-14-11-24(12-15-28)17-18-34-21-31(38)27-13-16-32(30(19-27)36-23-37)39-22-25-7-3-1-4-8-25/h1-16,19,23,29,31,34-35,38H,17-18,20-22,33H2,(H,36,37)/t29-,31-/m0/s1. The van der Waals surface area contributed by atoms with Gasteiger partial charge in [0.1, 0.15) is 12.4 Å². The predicted molar refractivity (Wildman–Crippen MR) is 157 cm³/mol. The number of benzene rings is 4. The third-order valence-electron chi connectivity index (χ3n) is 6.48. The van der Waals surface area contributed by atoms with E-state index in [9.17, 15) is 9.90 Å². The van der Waals surface area contributed by atoms with Crippen LogP contribution in [0.25, 0.3) is 0 Å². The number of anilines is 2. The van der Waals surface area contributed by atoms with Crippen LogP contribution in [0, 0.1) is 0 Å². The zero-order valence-corrected chi connectivity index (χ0v) is 21.9. The first-order chi connectivity index (χ1) is 19.1. The summed E-state index contributed by atoms with van der Waals surface area (Å²) in [4.78, 5) is 11.1. The van der Waals surface area contributed by atoms with Gasteiger partial charge in [0.25, 0.3) is 0 Å². The van der Waals surface area contributed by atoms with E-state index < -0.39 is 6.10 Å². The average Bonchev–Trinajstić information content (AvgIpc) is 2.99. The number of hydrogen-bond acceptors (Lipinski definition) is 6. The minimum atomic E-state index is -0.722. The minimum absolute atomic E-state index is 0.0650. The molecule has 0 saturated carbocycles. The molecule has 7 heteroatoms. The molecule has 2 atom stereocenters. The van der Waals surface area contributed by atoms with Crippen molar-refractivity contribution in [3.63, 3.8) is 0 Å². The van der Waals surface area contributed by atoms with Gasteiger partial charge in [-0.3, -0.25) is 4.79 Å². The van der Waals surface area contributed by atoms with Crippen molar-refractivity contribution < 1.29 is 14.6 Å². The Labute approximate surface area is 230 Å². The van der Waals surface area contributed by atoms with Crippen LogP contribution in [0.3, 0.4) is 0 Å². The van der Waals surface area contributed by atoms with Crippen molar-refractivity contribution in [2.24, 2.45) is 5.73 Å². The quantitative estimate of drug-likeness (QED) is 0.113. The molecule has 0 unspecified atom stereocenters. The lowest BCUT2D eigenvalue weighted by Crippen LogP contribution is -2.24. The Bertz CT molecular complexity index is 1280. The first-order valence-electron chi connectivity index (χ1n) is 13.2. The molecule has 0 aliphatic rings. The van der Waals surface area contributed by atoms with Crippen LogP contribution >= 0.6 is 0 Å². The fourth-order valence-electron chi connectivity index (χ4n) is 4.22. The van der Waals surface area contributed by atoms with Crippen molar-refractivity contribution in [3.05, 3.63) is 125 Å². The lowest BCUT2D eigenvalue weighted by molar-refractivity contribution is -0.105. The highest BCUT2D eigenvalue weighted by atomic mass is 16.5. The van der Waals surface area contributed by atoms with E-state index in [0.29, 0.717) is 43.1 Å². The number of amides is 1. The number of carbonyl (C=O) groups is 1. The van der Waals surface area contributed by atoms with Gasteiger partial charge in [-0.1, -0.05) is 78.9 Å². The number of hydrogen-bond donors (Lipinski definition) is 5. The van der Waals surface area contributed by atoms with E-state index in [0.717, 1.165) is 29.8 Å². The third-order valence-corrected chi connectivity index (χ3v) is 6.48. The monoisotopic (exact) mass is 524 g/mol. The molecule has 0 fully saturated rings. The second-order valence-electron chi connectivity index (χ2n) is 9.36. The number of carbonyl (C=O) groups excluding carboxylic acids is 1. The number of aliphatic hydroxyl groups excluding tert-OH is 1. The van der Waals surface area contributed by atoms with E-state index in [1.54, 1.807) is 12.1 Å². The molecule has 0 aliphatic heterocycles. The summed E-state index contributed by atoms with van der Waals surface area (Å²) >= 11 is 0. The van der Waals surface area contributed by atoms with Crippen molar-refractivity contribution in [2.75, 3.05) is 30.3 Å². The predicted octanol–water partition coefficient (Wildman–Crippen LogP) is 4.81. The molecule has 4 aromatic rings. The molecular formula is C32H36N4O3. The molecule has 4 aromatic carbocycles. The van der Waals surface area contributed by atoms with Gasteiger partial charge in [0.2, 0.25) is 6.41 Å². The van der Waals surface area contributed by atoms with Crippen LogP contribution in [0.2, 0.25) is 0 Å². The van der Waals surface area contributed by atoms with Crippen molar-refractivity contribution in [3.8, 4) is 5.75 Å². The van der Waals surface area contributed by atoms with Crippen molar-refractivity contribution in [2.45, 2.75) is 25.2 Å². The fourth-order valence-corrected chi connectivity index (χ4v) is 4.22. The van der Waals surface area contributed by atoms with E-state index in [4.69, 9.17) is 10.5 Å². The maximum absolute atomic E-state index is 11.1. The molecule has 0 aliphatic carbocycles. The van der Waals surface area contributed by atoms with Crippen molar-refractivity contribution in [1.82, 2.24) is 5.32 Å². The Morgan fingerprint density at radius 2 is 1.54 bits per heavy atom. The summed E-state index contributed by atoms with van der Waals surface area (Å²) in [7, 11) is 0. The number of nitrogens with two attached hydrogens (primary N) is 1. The summed E-state index contributed by atoms with van der Waals surface area (Å²) in [5, 5.41) is 20.1. The van der Waals surface area contributed by atoms with Crippen molar-refractivity contribution >= 4 is 17.8 Å². The molecule has 1 amide bonds. The molecule has 0 aromatic heterocycles. The van der Waals surface area contributed by atoms with Gasteiger partial charge < -0.3 is 31.5 Å². The summed E-state index contributed by atoms with van der Waals surface area (Å²) < 4.78 is 5.88. The summed E-state index contributed by atoms with van der Waals surface area (Å²) in [6, 6.07) is 33.5. The van der Waals surface area contributed by atoms with E-state index in [1.807, 2.05) is 66.7 Å². The number of rotatable bonds is 15. The summed E-state index contributed by atoms with van der Waals surface area (Å²) in [5.74, 6) is 0.551. The molecule has 0 saturated heterocycles. The largest absolute Gasteiger partial charge is 0.487 e. The van der Waals surface area contributed by atoms with Gasteiger partial charge in [-0.05, 0) is 59.5 Å². The van der Waals surface area contributed by atoms with E-state index in [1.165, 1.54) is 5.56 Å². The number of aliphatic hydroxyl groups is 1. The molecule has 0 bridgehead atoms. The van der Waals surface area contributed by atoms with Gasteiger partial charge >= 0.3 is 0 Å². The molecule has 0 radical (unpaired) electrons. The molecule has 39 heavy (non-hydrogen) atoms. The Hall–Kier alpha value is -4.17. The average molecular weight is 525 g/mol. The molecule has 7 nitrogen and oxygen atoms in total. The first-order valence-corrected chi connectivity index (χ1v) is 13.2. The SMILES string of the molecule is N[C@@H](CNc1ccc(CCNC[C@H](O)c2ccc(OCc3ccccc3)c(NC=O)c2)cc1)c1ccccc1. The second-order valence-corrected chi connectivity index (χ2v) is 9.36. The normalized spacial score (nSPS) is 12.4. The topological polar surface area (TPSA) is 109 Å². The van der Waals surface area contributed by atoms with Gasteiger partial charge in [0.05, 0.1) is 11.8 Å². The van der Waals surface area contributed by atoms with E-state index in [2.05, 4.69) is 40.2 Å². The van der Waals surface area contributed by atoms with Gasteiger partial charge in [-0.15, -0.1) is 0 Å². The maximum Gasteiger partial charge on any atom is 0.211 e. The molecule has 4 rings (SSSR count). The maximum atomic E-state index is 11.1. The Kier molecular flexibility index (Phi) is 10.5. The lowest BCUT2D eigenvalue weighted by Gasteiger charge is -2.16. The van der Waals surface area contributed by atoms with Gasteiger partial charge in [-0.2, -0.15) is 0 Å². The summed E-state index contributed by atoms with van der Waals surface area (Å²) in [6.07, 6.45) is 0.721. The number of ether oxygens (including phenoxy) is 1. The zero-order valence-electron chi connectivity index (χ0n) is 21.9. The molecule has 6 N–H and O–H groups in total. The molecular weight excluding hydrogens is 488 g/mol. The fraction of sp³-hybridized carbons (Fsp3) is 0.219. The highest BCUT2D eigenvalue weighted by Crippen LogP contribution is 2.29. The lowest BCUT2D eigenvalue weighted by atomic mass is 10.1. The Balaban J connectivity index is 1.21. The second kappa shape index (κ2) is 14.7. The zero-order chi connectivity index (χ0) is 27.3. The smallest absolute Gasteiger partial charge is 0.211 e. The molecule has 202 valence electrons. The van der Waals surface area contributed by atoms with Crippen molar-refractivity contribution in [1.29, 1.82) is 0 Å². The Morgan fingerprint density at radius 1 is 0.821 bits per heavy atom. The summed E-state index contributed by atoms with van der Waals surface area (Å²) in [5.41, 5.74) is 11.9. The van der Waals surface area contributed by atoms with Gasteiger partial charge in [-0.25, -0.2) is 0 Å². The molecule has 0 spiro atoms. The van der Waals surface area contributed by atoms with Gasteiger partial charge in [0, 0.05) is 24.8 Å². The Morgan fingerprint density at radius 3 is 2.26 bits per heavy atom. The van der Waals surface area contributed by atoms with Crippen LogP contribution in [0.5, 0.6) is 5.75 Å². The van der Waals surface area contributed by atoms with Crippen LogP contribution in [0.4, 0.5) is 11.4 Å². The van der Waals surface area contributed by atoms with Crippen LogP contribution in [0.15, 0.2) is 103 Å². The first kappa shape index (κ1) is 27.9. The van der Waals surface area contributed by atoms with Crippen LogP contribution in [-0.4, -0.2) is 31.2 Å². The van der Waals surface area contributed by atoms with Crippen LogP contribution in [0.1, 0.15) is 34.4 Å². The van der Waals surface area contributed by atoms with E-state index >= 15 is 0 Å². The highest BCUT2D eigenvalue weighted by Gasteiger charge is 2.12. The minimum Gasteiger partial charge on any atom is -0.487 e. The summed E-state index contributed by atoms with van der Waals surface area (Å²) in [6.45, 7) is 2.16.